The first-order valence-electron chi connectivity index (χ1n) is 5.88. The predicted molar refractivity (Wildman–Crippen MR) is 56.8 cm³/mol. The molecule has 0 aliphatic carbocycles. The first-order valence-corrected chi connectivity index (χ1v) is 5.88. The van der Waals surface area contributed by atoms with E-state index in [1.807, 2.05) is 0 Å². The highest BCUT2D eigenvalue weighted by Crippen LogP contribution is 2.39. The largest absolute Gasteiger partial charge is 0.300 e. The Bertz CT molecular complexity index is 162. The summed E-state index contributed by atoms with van der Waals surface area (Å²) in [5, 5.41) is 0. The lowest BCUT2D eigenvalue weighted by molar-refractivity contribution is 0.123. The Hall–Kier alpha value is -0.0400. The van der Waals surface area contributed by atoms with Gasteiger partial charge in [-0.1, -0.05) is 13.8 Å². The molecule has 2 aliphatic rings. The molecule has 1 heteroatoms. The number of piperidine rings is 1. The van der Waals surface area contributed by atoms with Crippen LogP contribution in [0.1, 0.15) is 46.0 Å². The van der Waals surface area contributed by atoms with Gasteiger partial charge in [0.05, 0.1) is 0 Å². The van der Waals surface area contributed by atoms with Crippen molar-refractivity contribution >= 4 is 0 Å². The van der Waals surface area contributed by atoms with Gasteiger partial charge < -0.3 is 4.90 Å². The van der Waals surface area contributed by atoms with Crippen LogP contribution < -0.4 is 0 Å². The lowest BCUT2D eigenvalue weighted by atomic mass is 9.85. The predicted octanol–water partition coefficient (Wildman–Crippen LogP) is 2.91. The summed E-state index contributed by atoms with van der Waals surface area (Å²) in [6.45, 7) is 4.72. The third-order valence-corrected chi connectivity index (χ3v) is 4.00. The molecule has 2 rings (SSSR count). The smallest absolute Gasteiger partial charge is 0.00983 e. The summed E-state index contributed by atoms with van der Waals surface area (Å²) in [6, 6.07) is 1.87. The Kier molecular flexibility index (Phi) is 2.64. The summed E-state index contributed by atoms with van der Waals surface area (Å²) in [6.07, 6.45) is 7.35. The van der Waals surface area contributed by atoms with E-state index in [4.69, 9.17) is 0 Å². The maximum absolute atomic E-state index is 2.64. The standard InChI is InChI=1S/C12H23N/c1-9(2)6-10-7-11-4-5-12(8-10)13(11)3/h9-12H,4-8H2,1-3H3/t10?,11-,12+. The second-order valence-electron chi connectivity index (χ2n) is 5.52. The minimum absolute atomic E-state index is 0.896. The van der Waals surface area contributed by atoms with Crippen molar-refractivity contribution < 1.29 is 0 Å². The van der Waals surface area contributed by atoms with Gasteiger partial charge in [-0.05, 0) is 51.0 Å². The van der Waals surface area contributed by atoms with Crippen molar-refractivity contribution in [2.75, 3.05) is 7.05 Å². The molecular weight excluding hydrogens is 158 g/mol. The Morgan fingerprint density at radius 2 is 1.69 bits per heavy atom. The molecule has 0 radical (unpaired) electrons. The number of hydrogen-bond donors (Lipinski definition) is 0. The van der Waals surface area contributed by atoms with Crippen molar-refractivity contribution in [3.05, 3.63) is 0 Å². The summed E-state index contributed by atoms with van der Waals surface area (Å²) in [5.74, 6) is 1.93. The van der Waals surface area contributed by atoms with Crippen LogP contribution in [0.3, 0.4) is 0 Å². The molecule has 1 nitrogen and oxygen atoms in total. The van der Waals surface area contributed by atoms with Gasteiger partial charge in [0.2, 0.25) is 0 Å². The van der Waals surface area contributed by atoms with Gasteiger partial charge in [0, 0.05) is 12.1 Å². The molecular formula is C12H23N. The third kappa shape index (κ3) is 1.90. The van der Waals surface area contributed by atoms with Gasteiger partial charge in [-0.3, -0.25) is 0 Å². The molecule has 0 spiro atoms. The van der Waals surface area contributed by atoms with Crippen LogP contribution in [0.15, 0.2) is 0 Å². The summed E-state index contributed by atoms with van der Waals surface area (Å²) in [4.78, 5) is 2.64. The zero-order chi connectivity index (χ0) is 9.42. The van der Waals surface area contributed by atoms with Crippen molar-refractivity contribution in [2.45, 2.75) is 58.0 Å². The molecule has 0 saturated carbocycles. The van der Waals surface area contributed by atoms with Gasteiger partial charge in [-0.2, -0.15) is 0 Å². The highest BCUT2D eigenvalue weighted by atomic mass is 15.2. The molecule has 0 amide bonds. The molecule has 2 heterocycles. The maximum Gasteiger partial charge on any atom is 0.00983 e. The fraction of sp³-hybridized carbons (Fsp3) is 1.00. The fourth-order valence-electron chi connectivity index (χ4n) is 3.38. The molecule has 0 N–H and O–H groups in total. The molecule has 76 valence electrons. The third-order valence-electron chi connectivity index (χ3n) is 4.00. The van der Waals surface area contributed by atoms with Crippen LogP contribution in [0.4, 0.5) is 0 Å². The Labute approximate surface area is 82.5 Å². The van der Waals surface area contributed by atoms with Crippen LogP contribution in [-0.4, -0.2) is 24.0 Å². The molecule has 13 heavy (non-hydrogen) atoms. The number of hydrogen-bond acceptors (Lipinski definition) is 1. The highest BCUT2D eigenvalue weighted by molar-refractivity contribution is 4.93. The van der Waals surface area contributed by atoms with E-state index in [1.165, 1.54) is 32.1 Å². The molecule has 0 aromatic heterocycles. The number of rotatable bonds is 2. The SMILES string of the molecule is CC(C)CC1C[C@H]2CC[C@@H](C1)N2C. The minimum atomic E-state index is 0.896. The van der Waals surface area contributed by atoms with Crippen LogP contribution in [0.25, 0.3) is 0 Å². The summed E-state index contributed by atoms with van der Waals surface area (Å²) in [5.41, 5.74) is 0. The molecule has 3 atom stereocenters. The maximum atomic E-state index is 2.64. The van der Waals surface area contributed by atoms with Crippen molar-refractivity contribution in [1.82, 2.24) is 4.90 Å². The summed E-state index contributed by atoms with van der Waals surface area (Å²) < 4.78 is 0. The van der Waals surface area contributed by atoms with Crippen LogP contribution in [-0.2, 0) is 0 Å². The molecule has 1 unspecified atom stereocenters. The molecule has 2 fully saturated rings. The van der Waals surface area contributed by atoms with Crippen LogP contribution in [0.5, 0.6) is 0 Å². The van der Waals surface area contributed by atoms with Crippen molar-refractivity contribution in [3.63, 3.8) is 0 Å². The van der Waals surface area contributed by atoms with Gasteiger partial charge in [0.15, 0.2) is 0 Å². The molecule has 2 bridgehead atoms. The van der Waals surface area contributed by atoms with Crippen molar-refractivity contribution in [2.24, 2.45) is 11.8 Å². The normalized spacial score (nSPS) is 40.2. The van der Waals surface area contributed by atoms with Gasteiger partial charge in [0.1, 0.15) is 0 Å². The monoisotopic (exact) mass is 181 g/mol. The highest BCUT2D eigenvalue weighted by Gasteiger charge is 2.38. The van der Waals surface area contributed by atoms with Gasteiger partial charge in [-0.25, -0.2) is 0 Å². The van der Waals surface area contributed by atoms with E-state index in [0.717, 1.165) is 23.9 Å². The van der Waals surface area contributed by atoms with Crippen molar-refractivity contribution in [1.29, 1.82) is 0 Å². The minimum Gasteiger partial charge on any atom is -0.300 e. The van der Waals surface area contributed by atoms with E-state index in [2.05, 4.69) is 25.8 Å². The van der Waals surface area contributed by atoms with E-state index in [0.29, 0.717) is 0 Å². The summed E-state index contributed by atoms with van der Waals surface area (Å²) >= 11 is 0. The topological polar surface area (TPSA) is 3.24 Å². The second kappa shape index (κ2) is 3.61. The van der Waals surface area contributed by atoms with Gasteiger partial charge >= 0.3 is 0 Å². The van der Waals surface area contributed by atoms with Gasteiger partial charge in [-0.15, -0.1) is 0 Å². The zero-order valence-electron chi connectivity index (χ0n) is 9.29. The lowest BCUT2D eigenvalue weighted by Gasteiger charge is -2.37. The molecule has 0 aromatic rings. The second-order valence-corrected chi connectivity index (χ2v) is 5.52. The van der Waals surface area contributed by atoms with E-state index >= 15 is 0 Å². The molecule has 2 aliphatic heterocycles. The average molecular weight is 181 g/mol. The Morgan fingerprint density at radius 3 is 2.15 bits per heavy atom. The Morgan fingerprint density at radius 1 is 1.15 bits per heavy atom. The van der Waals surface area contributed by atoms with Gasteiger partial charge in [0.25, 0.3) is 0 Å². The fourth-order valence-corrected chi connectivity index (χ4v) is 3.38. The number of nitrogens with zero attached hydrogens (tertiary/aromatic N) is 1. The number of fused-ring (bicyclic) bond motifs is 2. The van der Waals surface area contributed by atoms with Crippen molar-refractivity contribution in [3.8, 4) is 0 Å². The molecule has 0 aromatic carbocycles. The van der Waals surface area contributed by atoms with E-state index in [-0.39, 0.29) is 0 Å². The van der Waals surface area contributed by atoms with E-state index in [9.17, 15) is 0 Å². The average Bonchev–Trinajstić information content (AvgIpc) is 2.33. The van der Waals surface area contributed by atoms with E-state index in [1.54, 1.807) is 0 Å². The lowest BCUT2D eigenvalue weighted by Crippen LogP contribution is -2.40. The van der Waals surface area contributed by atoms with Crippen LogP contribution >= 0.6 is 0 Å². The first kappa shape index (κ1) is 9.51. The summed E-state index contributed by atoms with van der Waals surface area (Å²) in [7, 11) is 2.33. The van der Waals surface area contributed by atoms with E-state index < -0.39 is 0 Å². The van der Waals surface area contributed by atoms with Crippen LogP contribution in [0.2, 0.25) is 0 Å². The Balaban J connectivity index is 1.91. The zero-order valence-corrected chi connectivity index (χ0v) is 9.29. The molecule has 2 saturated heterocycles. The quantitative estimate of drug-likeness (QED) is 0.633. The first-order chi connectivity index (χ1) is 6.16. The van der Waals surface area contributed by atoms with Crippen LogP contribution in [0, 0.1) is 11.8 Å².